The van der Waals surface area contributed by atoms with Crippen LogP contribution in [0.4, 0.5) is 11.5 Å². The predicted molar refractivity (Wildman–Crippen MR) is 109 cm³/mol. The van der Waals surface area contributed by atoms with E-state index in [0.29, 0.717) is 5.82 Å². The second-order valence-electron chi connectivity index (χ2n) is 6.81. The first-order valence-corrected chi connectivity index (χ1v) is 9.00. The van der Waals surface area contributed by atoms with E-state index in [-0.39, 0.29) is 0 Å². The molecule has 0 aliphatic carbocycles. The highest BCUT2D eigenvalue weighted by atomic mass is 15.1. The Kier molecular flexibility index (Phi) is 3.10. The van der Waals surface area contributed by atoms with Gasteiger partial charge in [0, 0.05) is 41.4 Å². The third-order valence-electron chi connectivity index (χ3n) is 5.01. The molecule has 2 N–H and O–H groups in total. The van der Waals surface area contributed by atoms with Crippen molar-refractivity contribution in [3.8, 4) is 11.3 Å². The molecule has 1 aliphatic rings. The number of anilines is 2. The summed E-state index contributed by atoms with van der Waals surface area (Å²) in [4.78, 5) is 13.7. The predicted octanol–water partition coefficient (Wildman–Crippen LogP) is 3.95. The number of aromatic nitrogens is 5. The zero-order chi connectivity index (χ0) is 18.5. The molecule has 5 aromatic rings. The van der Waals surface area contributed by atoms with E-state index in [1.807, 2.05) is 47.4 Å². The molecular weight excluding hydrogens is 350 g/mol. The lowest BCUT2D eigenvalue weighted by Gasteiger charge is -2.11. The number of rotatable bonds is 3. The minimum Gasteiger partial charge on any atom is -0.337 e. The molecule has 0 bridgehead atoms. The zero-order valence-corrected chi connectivity index (χ0v) is 14.8. The van der Waals surface area contributed by atoms with Crippen LogP contribution in [0.5, 0.6) is 0 Å². The molecule has 0 unspecified atom stereocenters. The molecule has 0 radical (unpaired) electrons. The van der Waals surface area contributed by atoms with Crippen molar-refractivity contribution in [1.29, 1.82) is 0 Å². The standard InChI is InChI=1S/C21H15N7/c1-2-14-9-22-10-16(14)7-13(1)19-12-28-6-5-23-21(28)20(26-19)25-17-4-3-15-11-24-27-18(15)8-17/h1-9,11-12H,10H2,(H,24,27)(H,25,26). The molecule has 3 aromatic heterocycles. The molecule has 4 heterocycles. The fourth-order valence-electron chi connectivity index (χ4n) is 3.58. The number of nitrogens with zero attached hydrogens (tertiary/aromatic N) is 5. The third kappa shape index (κ3) is 2.37. The van der Waals surface area contributed by atoms with Gasteiger partial charge in [-0.25, -0.2) is 9.97 Å². The molecule has 0 saturated heterocycles. The first-order valence-electron chi connectivity index (χ1n) is 9.00. The second-order valence-corrected chi connectivity index (χ2v) is 6.81. The SMILES string of the molecule is C1=NCc2cc(-c3cn4ccnc4c(Nc4ccc5cn[nH]c5c4)n3)ccc21. The van der Waals surface area contributed by atoms with E-state index in [1.54, 1.807) is 6.20 Å². The van der Waals surface area contributed by atoms with Gasteiger partial charge in [0.05, 0.1) is 24.0 Å². The Labute approximate surface area is 159 Å². The molecule has 2 aromatic carbocycles. The number of H-pyrrole nitrogens is 1. The summed E-state index contributed by atoms with van der Waals surface area (Å²) in [5.41, 5.74) is 7.02. The molecule has 0 atom stereocenters. The van der Waals surface area contributed by atoms with Gasteiger partial charge < -0.3 is 9.72 Å². The molecular formula is C21H15N7. The van der Waals surface area contributed by atoms with Gasteiger partial charge in [0.1, 0.15) is 0 Å². The lowest BCUT2D eigenvalue weighted by atomic mass is 10.0. The molecule has 0 saturated carbocycles. The monoisotopic (exact) mass is 365 g/mol. The van der Waals surface area contributed by atoms with E-state index in [2.05, 4.69) is 43.7 Å². The van der Waals surface area contributed by atoms with Crippen LogP contribution in [-0.4, -0.2) is 30.8 Å². The number of imidazole rings is 1. The molecule has 7 heteroatoms. The van der Waals surface area contributed by atoms with E-state index in [4.69, 9.17) is 4.98 Å². The van der Waals surface area contributed by atoms with Crippen molar-refractivity contribution < 1.29 is 0 Å². The van der Waals surface area contributed by atoms with E-state index in [9.17, 15) is 0 Å². The largest absolute Gasteiger partial charge is 0.337 e. The van der Waals surface area contributed by atoms with Crippen LogP contribution in [0.1, 0.15) is 11.1 Å². The Hall–Kier alpha value is -4.00. The number of benzene rings is 2. The van der Waals surface area contributed by atoms with Crippen LogP contribution in [0.15, 0.2) is 66.2 Å². The minimum atomic E-state index is 0.707. The molecule has 28 heavy (non-hydrogen) atoms. The Bertz CT molecular complexity index is 1380. The fourth-order valence-corrected chi connectivity index (χ4v) is 3.58. The van der Waals surface area contributed by atoms with Crippen molar-refractivity contribution >= 4 is 34.3 Å². The number of nitrogens with one attached hydrogen (secondary N) is 2. The topological polar surface area (TPSA) is 83.3 Å². The van der Waals surface area contributed by atoms with Crippen molar-refractivity contribution in [1.82, 2.24) is 24.6 Å². The average molecular weight is 365 g/mol. The van der Waals surface area contributed by atoms with Crippen LogP contribution in [-0.2, 0) is 6.54 Å². The zero-order valence-electron chi connectivity index (χ0n) is 14.8. The third-order valence-corrected chi connectivity index (χ3v) is 5.01. The van der Waals surface area contributed by atoms with Crippen LogP contribution in [0, 0.1) is 0 Å². The van der Waals surface area contributed by atoms with Crippen molar-refractivity contribution in [2.75, 3.05) is 5.32 Å². The van der Waals surface area contributed by atoms with E-state index < -0.39 is 0 Å². The van der Waals surface area contributed by atoms with Crippen LogP contribution < -0.4 is 5.32 Å². The summed E-state index contributed by atoms with van der Waals surface area (Å²) in [6.07, 6.45) is 9.44. The quantitative estimate of drug-likeness (QED) is 0.507. The highest BCUT2D eigenvalue weighted by Crippen LogP contribution is 2.28. The lowest BCUT2D eigenvalue weighted by Crippen LogP contribution is -2.00. The maximum Gasteiger partial charge on any atom is 0.180 e. The lowest BCUT2D eigenvalue weighted by molar-refractivity contribution is 1.10. The van der Waals surface area contributed by atoms with Gasteiger partial charge in [0.25, 0.3) is 0 Å². The molecule has 1 aliphatic heterocycles. The Morgan fingerprint density at radius 2 is 2.11 bits per heavy atom. The molecule has 134 valence electrons. The fraction of sp³-hybridized carbons (Fsp3) is 0.0476. The first kappa shape index (κ1) is 15.1. The van der Waals surface area contributed by atoms with Crippen molar-refractivity contribution in [3.63, 3.8) is 0 Å². The number of aliphatic imine (C=N–C) groups is 1. The van der Waals surface area contributed by atoms with Gasteiger partial charge in [0.2, 0.25) is 0 Å². The van der Waals surface area contributed by atoms with Crippen molar-refractivity contribution in [2.45, 2.75) is 6.54 Å². The molecule has 6 rings (SSSR count). The highest BCUT2D eigenvalue weighted by molar-refractivity contribution is 5.86. The molecule has 7 nitrogen and oxygen atoms in total. The summed E-state index contributed by atoms with van der Waals surface area (Å²) in [7, 11) is 0. The Morgan fingerprint density at radius 3 is 3.11 bits per heavy atom. The van der Waals surface area contributed by atoms with E-state index in [0.717, 1.165) is 40.0 Å². The van der Waals surface area contributed by atoms with Gasteiger partial charge in [-0.1, -0.05) is 12.1 Å². The number of aromatic amines is 1. The maximum atomic E-state index is 4.87. The Morgan fingerprint density at radius 1 is 1.11 bits per heavy atom. The number of hydrogen-bond acceptors (Lipinski definition) is 5. The first-order chi connectivity index (χ1) is 13.8. The highest BCUT2D eigenvalue weighted by Gasteiger charge is 2.13. The van der Waals surface area contributed by atoms with Crippen LogP contribution in [0.25, 0.3) is 27.8 Å². The summed E-state index contributed by atoms with van der Waals surface area (Å²) in [6, 6.07) is 12.4. The van der Waals surface area contributed by atoms with Crippen LogP contribution in [0.2, 0.25) is 0 Å². The Balaban J connectivity index is 1.45. The molecule has 0 amide bonds. The van der Waals surface area contributed by atoms with Gasteiger partial charge in [0.15, 0.2) is 11.5 Å². The molecule has 0 fully saturated rings. The summed E-state index contributed by atoms with van der Waals surface area (Å²) in [6.45, 7) is 0.728. The summed E-state index contributed by atoms with van der Waals surface area (Å²) < 4.78 is 1.99. The van der Waals surface area contributed by atoms with Crippen LogP contribution in [0.3, 0.4) is 0 Å². The van der Waals surface area contributed by atoms with Gasteiger partial charge in [-0.2, -0.15) is 5.10 Å². The van der Waals surface area contributed by atoms with Gasteiger partial charge in [-0.05, 0) is 35.4 Å². The second kappa shape index (κ2) is 5.75. The maximum absolute atomic E-state index is 4.87. The molecule has 0 spiro atoms. The summed E-state index contributed by atoms with van der Waals surface area (Å²) in [5, 5.41) is 11.6. The van der Waals surface area contributed by atoms with Gasteiger partial charge in [-0.3, -0.25) is 10.1 Å². The van der Waals surface area contributed by atoms with Gasteiger partial charge in [-0.15, -0.1) is 0 Å². The number of hydrogen-bond donors (Lipinski definition) is 2. The summed E-state index contributed by atoms with van der Waals surface area (Å²) >= 11 is 0. The van der Waals surface area contributed by atoms with Crippen LogP contribution >= 0.6 is 0 Å². The smallest absolute Gasteiger partial charge is 0.180 e. The average Bonchev–Trinajstić information content (AvgIpc) is 3.46. The van der Waals surface area contributed by atoms with Gasteiger partial charge >= 0.3 is 0 Å². The summed E-state index contributed by atoms with van der Waals surface area (Å²) in [5.74, 6) is 0.707. The van der Waals surface area contributed by atoms with E-state index >= 15 is 0 Å². The van der Waals surface area contributed by atoms with E-state index in [1.165, 1.54) is 11.1 Å². The normalized spacial score (nSPS) is 12.7. The minimum absolute atomic E-state index is 0.707. The van der Waals surface area contributed by atoms with Crippen molar-refractivity contribution in [2.24, 2.45) is 4.99 Å². The van der Waals surface area contributed by atoms with Crippen molar-refractivity contribution in [3.05, 3.63) is 72.3 Å². The number of fused-ring (bicyclic) bond motifs is 3.